The van der Waals surface area contributed by atoms with Crippen LogP contribution in [-0.4, -0.2) is 27.3 Å². The van der Waals surface area contributed by atoms with Gasteiger partial charge in [0.2, 0.25) is 0 Å². The van der Waals surface area contributed by atoms with E-state index in [-0.39, 0.29) is 18.6 Å². The third-order valence-corrected chi connectivity index (χ3v) is 3.94. The van der Waals surface area contributed by atoms with E-state index in [9.17, 15) is 4.79 Å². The number of carbonyl (C=O) groups excluding carboxylic acids is 1. The van der Waals surface area contributed by atoms with E-state index in [1.165, 1.54) is 0 Å². The van der Waals surface area contributed by atoms with Crippen LogP contribution < -0.4 is 10.1 Å². The Bertz CT molecular complexity index is 921. The molecule has 2 aromatic heterocycles. The number of halogens is 1. The summed E-state index contributed by atoms with van der Waals surface area (Å²) in [6.07, 6.45) is 3.36. The number of nitrogens with zero attached hydrogens (tertiary/aromatic N) is 3. The Morgan fingerprint density at radius 3 is 2.84 bits per heavy atom. The summed E-state index contributed by atoms with van der Waals surface area (Å²) in [6.45, 7) is 5.87. The summed E-state index contributed by atoms with van der Waals surface area (Å²) in [6, 6.07) is 7.34. The summed E-state index contributed by atoms with van der Waals surface area (Å²) in [5, 5.41) is 8.61. The molecule has 0 fully saturated rings. The third kappa shape index (κ3) is 3.91. The normalized spacial score (nSPS) is 11.1. The molecule has 25 heavy (non-hydrogen) atoms. The largest absolute Gasteiger partial charge is 0.483 e. The van der Waals surface area contributed by atoms with Crippen LogP contribution in [0.3, 0.4) is 0 Å². The fourth-order valence-electron chi connectivity index (χ4n) is 2.50. The zero-order chi connectivity index (χ0) is 18.0. The molecule has 3 rings (SSSR count). The van der Waals surface area contributed by atoms with E-state index in [0.29, 0.717) is 16.5 Å². The average molecular weight is 359 g/mol. The maximum atomic E-state index is 12.1. The van der Waals surface area contributed by atoms with Crippen molar-refractivity contribution in [1.29, 1.82) is 0 Å². The molecule has 130 valence electrons. The van der Waals surface area contributed by atoms with Gasteiger partial charge in [0.15, 0.2) is 12.3 Å². The SMILES string of the molecule is Cc1cc(Cl)ccc1OCC(=O)Nc1cnc2c(cnn2C(C)C)c1. The molecule has 1 N–H and O–H groups in total. The first-order valence-electron chi connectivity index (χ1n) is 7.96. The number of rotatable bonds is 5. The molecule has 0 atom stereocenters. The van der Waals surface area contributed by atoms with Crippen molar-refractivity contribution in [2.45, 2.75) is 26.8 Å². The van der Waals surface area contributed by atoms with Gasteiger partial charge in [0.1, 0.15) is 5.75 Å². The predicted octanol–water partition coefficient (Wildman–Crippen LogP) is 3.99. The van der Waals surface area contributed by atoms with E-state index < -0.39 is 0 Å². The number of carbonyl (C=O) groups is 1. The van der Waals surface area contributed by atoms with E-state index >= 15 is 0 Å². The molecule has 6 nitrogen and oxygen atoms in total. The lowest BCUT2D eigenvalue weighted by Crippen LogP contribution is -2.20. The van der Waals surface area contributed by atoms with Crippen molar-refractivity contribution in [3.8, 4) is 5.75 Å². The van der Waals surface area contributed by atoms with Gasteiger partial charge in [-0.15, -0.1) is 0 Å². The van der Waals surface area contributed by atoms with Crippen molar-refractivity contribution >= 4 is 34.2 Å². The number of hydrogen-bond acceptors (Lipinski definition) is 4. The Labute approximate surface area is 150 Å². The first-order chi connectivity index (χ1) is 11.9. The highest BCUT2D eigenvalue weighted by atomic mass is 35.5. The minimum Gasteiger partial charge on any atom is -0.483 e. The van der Waals surface area contributed by atoms with E-state index in [4.69, 9.17) is 16.3 Å². The quantitative estimate of drug-likeness (QED) is 0.748. The maximum Gasteiger partial charge on any atom is 0.262 e. The lowest BCUT2D eigenvalue weighted by Gasteiger charge is -2.10. The van der Waals surface area contributed by atoms with Gasteiger partial charge in [-0.25, -0.2) is 9.67 Å². The van der Waals surface area contributed by atoms with Crippen LogP contribution in [-0.2, 0) is 4.79 Å². The lowest BCUT2D eigenvalue weighted by atomic mass is 10.2. The summed E-state index contributed by atoms with van der Waals surface area (Å²) in [5.41, 5.74) is 2.28. The van der Waals surface area contributed by atoms with Gasteiger partial charge in [0, 0.05) is 16.5 Å². The van der Waals surface area contributed by atoms with E-state index in [0.717, 1.165) is 16.6 Å². The van der Waals surface area contributed by atoms with Gasteiger partial charge >= 0.3 is 0 Å². The molecule has 0 aliphatic rings. The van der Waals surface area contributed by atoms with Crippen LogP contribution in [0.15, 0.2) is 36.7 Å². The summed E-state index contributed by atoms with van der Waals surface area (Å²) >= 11 is 5.91. The van der Waals surface area contributed by atoms with Crippen molar-refractivity contribution in [3.05, 3.63) is 47.2 Å². The first kappa shape index (κ1) is 17.2. The van der Waals surface area contributed by atoms with Crippen molar-refractivity contribution in [2.75, 3.05) is 11.9 Å². The monoisotopic (exact) mass is 358 g/mol. The molecule has 0 saturated heterocycles. The Hall–Kier alpha value is -2.60. The van der Waals surface area contributed by atoms with Gasteiger partial charge in [0.05, 0.1) is 18.1 Å². The van der Waals surface area contributed by atoms with Crippen molar-refractivity contribution in [1.82, 2.24) is 14.8 Å². The number of benzene rings is 1. The van der Waals surface area contributed by atoms with Crippen LogP contribution in [0.5, 0.6) is 5.75 Å². The van der Waals surface area contributed by atoms with Gasteiger partial charge < -0.3 is 10.1 Å². The molecule has 0 unspecified atom stereocenters. The minimum atomic E-state index is -0.258. The highest BCUT2D eigenvalue weighted by molar-refractivity contribution is 6.30. The summed E-state index contributed by atoms with van der Waals surface area (Å²) in [7, 11) is 0. The number of aromatic nitrogens is 3. The molecular weight excluding hydrogens is 340 g/mol. The molecule has 1 aromatic carbocycles. The number of fused-ring (bicyclic) bond motifs is 1. The summed E-state index contributed by atoms with van der Waals surface area (Å²) < 4.78 is 7.38. The molecule has 0 aliphatic heterocycles. The van der Waals surface area contributed by atoms with Gasteiger partial charge in [-0.2, -0.15) is 5.10 Å². The van der Waals surface area contributed by atoms with Gasteiger partial charge in [0.25, 0.3) is 5.91 Å². The second kappa shape index (κ2) is 7.11. The molecule has 7 heteroatoms. The Balaban J connectivity index is 1.65. The molecule has 2 heterocycles. The summed E-state index contributed by atoms with van der Waals surface area (Å²) in [5.74, 6) is 0.373. The fourth-order valence-corrected chi connectivity index (χ4v) is 2.73. The number of pyridine rings is 1. The number of ether oxygens (including phenoxy) is 1. The van der Waals surface area contributed by atoms with E-state index in [2.05, 4.69) is 15.4 Å². The number of amides is 1. The van der Waals surface area contributed by atoms with E-state index in [1.54, 1.807) is 30.6 Å². The Morgan fingerprint density at radius 1 is 1.32 bits per heavy atom. The smallest absolute Gasteiger partial charge is 0.262 e. The molecule has 0 aliphatic carbocycles. The van der Waals surface area contributed by atoms with Gasteiger partial charge in [-0.05, 0) is 50.6 Å². The predicted molar refractivity (Wildman–Crippen MR) is 98.2 cm³/mol. The molecule has 1 amide bonds. The first-order valence-corrected chi connectivity index (χ1v) is 8.34. The Kier molecular flexibility index (Phi) is 4.90. The Morgan fingerprint density at radius 2 is 2.12 bits per heavy atom. The van der Waals surface area contributed by atoms with Crippen molar-refractivity contribution in [3.63, 3.8) is 0 Å². The highest BCUT2D eigenvalue weighted by Gasteiger charge is 2.10. The number of anilines is 1. The van der Waals surface area contributed by atoms with Crippen molar-refractivity contribution < 1.29 is 9.53 Å². The molecule has 0 radical (unpaired) electrons. The van der Waals surface area contributed by atoms with Crippen LogP contribution in [0.25, 0.3) is 11.0 Å². The zero-order valence-corrected chi connectivity index (χ0v) is 15.0. The van der Waals surface area contributed by atoms with Crippen LogP contribution in [0.2, 0.25) is 5.02 Å². The second-order valence-electron chi connectivity index (χ2n) is 6.07. The third-order valence-electron chi connectivity index (χ3n) is 3.70. The standard InChI is InChI=1S/C18H19ClN4O2/c1-11(2)23-18-13(8-21-23)7-15(9-20-18)22-17(24)10-25-16-5-4-14(19)6-12(16)3/h4-9,11H,10H2,1-3H3,(H,22,24). The molecular formula is C18H19ClN4O2. The van der Waals surface area contributed by atoms with Gasteiger partial charge in [-0.3, -0.25) is 4.79 Å². The summed E-state index contributed by atoms with van der Waals surface area (Å²) in [4.78, 5) is 16.5. The topological polar surface area (TPSA) is 69.0 Å². The minimum absolute atomic E-state index is 0.0915. The van der Waals surface area contributed by atoms with Crippen LogP contribution in [0.4, 0.5) is 5.69 Å². The number of hydrogen-bond donors (Lipinski definition) is 1. The van der Waals surface area contributed by atoms with Crippen LogP contribution in [0.1, 0.15) is 25.5 Å². The maximum absolute atomic E-state index is 12.1. The van der Waals surface area contributed by atoms with Crippen LogP contribution >= 0.6 is 11.6 Å². The van der Waals surface area contributed by atoms with Crippen LogP contribution in [0, 0.1) is 6.92 Å². The number of aryl methyl sites for hydroxylation is 1. The average Bonchev–Trinajstić information content (AvgIpc) is 2.97. The van der Waals surface area contributed by atoms with E-state index in [1.807, 2.05) is 31.5 Å². The molecule has 0 saturated carbocycles. The number of nitrogens with one attached hydrogen (secondary N) is 1. The highest BCUT2D eigenvalue weighted by Crippen LogP contribution is 2.22. The molecule has 0 spiro atoms. The van der Waals surface area contributed by atoms with Gasteiger partial charge in [-0.1, -0.05) is 11.6 Å². The lowest BCUT2D eigenvalue weighted by molar-refractivity contribution is -0.118. The zero-order valence-electron chi connectivity index (χ0n) is 14.3. The molecule has 0 bridgehead atoms. The van der Waals surface area contributed by atoms with Crippen molar-refractivity contribution in [2.24, 2.45) is 0 Å². The molecule has 3 aromatic rings. The second-order valence-corrected chi connectivity index (χ2v) is 6.50. The fraction of sp³-hybridized carbons (Fsp3) is 0.278.